The molecular formula is C17H12N4O2. The van der Waals surface area contributed by atoms with Crippen molar-refractivity contribution in [1.29, 1.82) is 0 Å². The van der Waals surface area contributed by atoms with Crippen LogP contribution in [-0.2, 0) is 0 Å². The van der Waals surface area contributed by atoms with Gasteiger partial charge in [-0.1, -0.05) is 30.3 Å². The lowest BCUT2D eigenvalue weighted by molar-refractivity contribution is -0.384. The fraction of sp³-hybridized carbons (Fsp3) is 0.0588. The van der Waals surface area contributed by atoms with Crippen LogP contribution in [0.15, 0.2) is 54.6 Å². The summed E-state index contributed by atoms with van der Waals surface area (Å²) < 4.78 is 1.93. The first-order valence-electron chi connectivity index (χ1n) is 7.13. The second-order valence-electron chi connectivity index (χ2n) is 5.37. The van der Waals surface area contributed by atoms with E-state index in [1.165, 1.54) is 6.07 Å². The Morgan fingerprint density at radius 3 is 2.57 bits per heavy atom. The van der Waals surface area contributed by atoms with Gasteiger partial charge in [-0.15, -0.1) is 10.2 Å². The number of nitro benzene ring substituents is 1. The van der Waals surface area contributed by atoms with E-state index in [0.29, 0.717) is 0 Å². The Kier molecular flexibility index (Phi) is 2.84. The number of nitrogens with zero attached hydrogens (tertiary/aromatic N) is 4. The van der Waals surface area contributed by atoms with Crippen LogP contribution < -0.4 is 0 Å². The van der Waals surface area contributed by atoms with Crippen molar-refractivity contribution in [2.24, 2.45) is 0 Å². The summed E-state index contributed by atoms with van der Waals surface area (Å²) >= 11 is 0. The maximum atomic E-state index is 11.0. The van der Waals surface area contributed by atoms with Crippen LogP contribution in [0.1, 0.15) is 5.56 Å². The van der Waals surface area contributed by atoms with Crippen LogP contribution in [0.4, 0.5) is 5.69 Å². The van der Waals surface area contributed by atoms with Crippen molar-refractivity contribution >= 4 is 22.2 Å². The van der Waals surface area contributed by atoms with Crippen LogP contribution in [0.3, 0.4) is 0 Å². The number of rotatable bonds is 2. The summed E-state index contributed by atoms with van der Waals surface area (Å²) in [5.41, 5.74) is 3.54. The molecule has 0 N–H and O–H groups in total. The first-order valence-corrected chi connectivity index (χ1v) is 7.13. The van der Waals surface area contributed by atoms with E-state index in [1.54, 1.807) is 12.1 Å². The van der Waals surface area contributed by atoms with Crippen LogP contribution in [0.5, 0.6) is 0 Å². The van der Waals surface area contributed by atoms with Crippen molar-refractivity contribution in [2.75, 3.05) is 0 Å². The first-order chi connectivity index (χ1) is 11.1. The highest BCUT2D eigenvalue weighted by Crippen LogP contribution is 2.28. The normalized spacial score (nSPS) is 11.2. The summed E-state index contributed by atoms with van der Waals surface area (Å²) in [5.74, 6) is 0.722. The number of nitro groups is 1. The zero-order valence-corrected chi connectivity index (χ0v) is 12.3. The fourth-order valence-electron chi connectivity index (χ4n) is 2.82. The van der Waals surface area contributed by atoms with Gasteiger partial charge in [0.1, 0.15) is 0 Å². The zero-order valence-electron chi connectivity index (χ0n) is 12.3. The molecule has 0 atom stereocenters. The second kappa shape index (κ2) is 4.88. The van der Waals surface area contributed by atoms with Gasteiger partial charge in [-0.05, 0) is 24.6 Å². The predicted molar refractivity (Wildman–Crippen MR) is 87.3 cm³/mol. The van der Waals surface area contributed by atoms with Crippen molar-refractivity contribution in [3.8, 4) is 11.4 Å². The number of aromatic nitrogens is 3. The van der Waals surface area contributed by atoms with Crippen molar-refractivity contribution in [3.63, 3.8) is 0 Å². The van der Waals surface area contributed by atoms with Crippen LogP contribution in [0.25, 0.3) is 27.9 Å². The van der Waals surface area contributed by atoms with Gasteiger partial charge in [0.05, 0.1) is 10.4 Å². The molecule has 6 heteroatoms. The largest absolute Gasteiger partial charge is 0.275 e. The fourth-order valence-corrected chi connectivity index (χ4v) is 2.82. The van der Waals surface area contributed by atoms with Gasteiger partial charge in [0, 0.05) is 23.1 Å². The van der Waals surface area contributed by atoms with Gasteiger partial charge in [0.25, 0.3) is 5.69 Å². The molecular weight excluding hydrogens is 292 g/mol. The molecule has 0 saturated heterocycles. The van der Waals surface area contributed by atoms with Crippen LogP contribution >= 0.6 is 0 Å². The summed E-state index contributed by atoms with van der Waals surface area (Å²) in [6.45, 7) is 1.92. The second-order valence-corrected chi connectivity index (χ2v) is 5.37. The third kappa shape index (κ3) is 2.03. The maximum absolute atomic E-state index is 11.0. The van der Waals surface area contributed by atoms with Gasteiger partial charge >= 0.3 is 0 Å². The van der Waals surface area contributed by atoms with Gasteiger partial charge < -0.3 is 0 Å². The van der Waals surface area contributed by atoms with Gasteiger partial charge in [0.2, 0.25) is 0 Å². The molecule has 2 aromatic carbocycles. The van der Waals surface area contributed by atoms with Gasteiger partial charge in [-0.3, -0.25) is 14.5 Å². The highest BCUT2D eigenvalue weighted by molar-refractivity contribution is 5.88. The summed E-state index contributed by atoms with van der Waals surface area (Å²) in [5, 5.41) is 20.4. The van der Waals surface area contributed by atoms with Gasteiger partial charge in [0.15, 0.2) is 11.5 Å². The molecule has 112 valence electrons. The standard InChI is InChI=1S/C17H12N4O2/c1-11-9-16-18-19-17(12-5-3-2-4-6-12)20(16)15-8-7-13(21(22)23)10-14(11)15/h2-10H,1H3. The minimum atomic E-state index is -0.382. The van der Waals surface area contributed by atoms with E-state index < -0.39 is 0 Å². The molecule has 2 heterocycles. The molecule has 0 saturated carbocycles. The molecule has 0 unspecified atom stereocenters. The minimum absolute atomic E-state index is 0.0780. The lowest BCUT2D eigenvalue weighted by atomic mass is 10.1. The number of hydrogen-bond donors (Lipinski definition) is 0. The lowest BCUT2D eigenvalue weighted by Gasteiger charge is -2.07. The van der Waals surface area contributed by atoms with E-state index in [9.17, 15) is 10.1 Å². The van der Waals surface area contributed by atoms with Crippen LogP contribution in [-0.4, -0.2) is 19.5 Å². The summed E-state index contributed by atoms with van der Waals surface area (Å²) in [4.78, 5) is 10.7. The number of aryl methyl sites for hydroxylation is 1. The molecule has 0 radical (unpaired) electrons. The molecule has 0 fully saturated rings. The Hall–Kier alpha value is -3.28. The molecule has 6 nitrogen and oxygen atoms in total. The Bertz CT molecular complexity index is 1050. The number of benzene rings is 2. The molecule has 0 bridgehead atoms. The van der Waals surface area contributed by atoms with Crippen molar-refractivity contribution in [2.45, 2.75) is 6.92 Å². The third-order valence-corrected chi connectivity index (χ3v) is 3.92. The Morgan fingerprint density at radius 2 is 1.83 bits per heavy atom. The topological polar surface area (TPSA) is 73.3 Å². The Labute approximate surface area is 131 Å². The number of non-ortho nitro benzene ring substituents is 1. The van der Waals surface area contributed by atoms with Crippen molar-refractivity contribution in [3.05, 3.63) is 70.3 Å². The maximum Gasteiger partial charge on any atom is 0.270 e. The lowest BCUT2D eigenvalue weighted by Crippen LogP contribution is -1.95. The Balaban J connectivity index is 2.11. The molecule has 0 amide bonds. The van der Waals surface area contributed by atoms with Crippen molar-refractivity contribution < 1.29 is 4.92 Å². The smallest absolute Gasteiger partial charge is 0.270 e. The zero-order chi connectivity index (χ0) is 16.0. The third-order valence-electron chi connectivity index (χ3n) is 3.92. The van der Waals surface area contributed by atoms with Crippen LogP contribution in [0, 0.1) is 17.0 Å². The highest BCUT2D eigenvalue weighted by atomic mass is 16.6. The summed E-state index contributed by atoms with van der Waals surface area (Å²) in [6, 6.07) is 16.5. The molecule has 4 rings (SSSR count). The van der Waals surface area contributed by atoms with E-state index in [2.05, 4.69) is 10.2 Å². The monoisotopic (exact) mass is 304 g/mol. The molecule has 0 spiro atoms. The summed E-state index contributed by atoms with van der Waals surface area (Å²) in [6.07, 6.45) is 0. The molecule has 2 aromatic heterocycles. The van der Waals surface area contributed by atoms with Crippen LogP contribution in [0.2, 0.25) is 0 Å². The number of hydrogen-bond acceptors (Lipinski definition) is 4. The van der Waals surface area contributed by atoms with E-state index in [1.807, 2.05) is 47.7 Å². The highest BCUT2D eigenvalue weighted by Gasteiger charge is 2.15. The first kappa shape index (κ1) is 13.4. The SMILES string of the molecule is Cc1cc2nnc(-c3ccccc3)n2c2ccc([N+](=O)[O-])cc12. The predicted octanol–water partition coefficient (Wildman–Crippen LogP) is 3.77. The quantitative estimate of drug-likeness (QED) is 0.417. The van der Waals surface area contributed by atoms with E-state index >= 15 is 0 Å². The number of pyridine rings is 1. The molecule has 0 aliphatic rings. The number of fused-ring (bicyclic) bond motifs is 3. The molecule has 0 aliphatic carbocycles. The van der Waals surface area contributed by atoms with Gasteiger partial charge in [-0.25, -0.2) is 0 Å². The average Bonchev–Trinajstić information content (AvgIpc) is 2.99. The molecule has 4 aromatic rings. The Morgan fingerprint density at radius 1 is 1.04 bits per heavy atom. The molecule has 23 heavy (non-hydrogen) atoms. The van der Waals surface area contributed by atoms with E-state index in [-0.39, 0.29) is 10.6 Å². The minimum Gasteiger partial charge on any atom is -0.275 e. The van der Waals surface area contributed by atoms with Gasteiger partial charge in [-0.2, -0.15) is 0 Å². The molecule has 0 aliphatic heterocycles. The average molecular weight is 304 g/mol. The van der Waals surface area contributed by atoms with Crippen molar-refractivity contribution in [1.82, 2.24) is 14.6 Å². The van der Waals surface area contributed by atoms with E-state index in [0.717, 1.165) is 33.5 Å². The summed E-state index contributed by atoms with van der Waals surface area (Å²) in [7, 11) is 0. The van der Waals surface area contributed by atoms with E-state index in [4.69, 9.17) is 0 Å².